The van der Waals surface area contributed by atoms with Gasteiger partial charge < -0.3 is 10.1 Å². The highest BCUT2D eigenvalue weighted by atomic mass is 35.5. The van der Waals surface area contributed by atoms with Crippen LogP contribution < -0.4 is 10.1 Å². The zero-order valence-corrected chi connectivity index (χ0v) is 11.8. The van der Waals surface area contributed by atoms with Gasteiger partial charge in [0.05, 0.1) is 16.5 Å². The Labute approximate surface area is 116 Å². The number of rotatable bonds is 5. The molecule has 7 heteroatoms. The van der Waals surface area contributed by atoms with Crippen molar-refractivity contribution in [2.45, 2.75) is 12.5 Å². The van der Waals surface area contributed by atoms with Crippen LogP contribution in [0.15, 0.2) is 18.2 Å². The summed E-state index contributed by atoms with van der Waals surface area (Å²) in [5.41, 5.74) is 0. The van der Waals surface area contributed by atoms with Crippen LogP contribution in [0.1, 0.15) is 6.42 Å². The molecule has 0 saturated carbocycles. The third kappa shape index (κ3) is 4.33. The van der Waals surface area contributed by atoms with Crippen molar-refractivity contribution < 1.29 is 17.5 Å². The Morgan fingerprint density at radius 2 is 2.26 bits per heavy atom. The fourth-order valence-corrected chi connectivity index (χ4v) is 3.90. The summed E-state index contributed by atoms with van der Waals surface area (Å²) in [4.78, 5) is 0. The molecule has 2 rings (SSSR count). The topological polar surface area (TPSA) is 55.4 Å². The lowest BCUT2D eigenvalue weighted by atomic mass is 10.3. The largest absolute Gasteiger partial charge is 0.491 e. The minimum absolute atomic E-state index is 0.00251. The summed E-state index contributed by atoms with van der Waals surface area (Å²) >= 11 is 5.81. The van der Waals surface area contributed by atoms with Crippen molar-refractivity contribution in [3.05, 3.63) is 29.0 Å². The summed E-state index contributed by atoms with van der Waals surface area (Å²) in [7, 11) is -2.86. The van der Waals surface area contributed by atoms with E-state index in [0.717, 1.165) is 0 Å². The average molecular weight is 308 g/mol. The highest BCUT2D eigenvalue weighted by Gasteiger charge is 2.27. The molecule has 0 radical (unpaired) electrons. The summed E-state index contributed by atoms with van der Waals surface area (Å²) in [6.07, 6.45) is 0.639. The van der Waals surface area contributed by atoms with Crippen molar-refractivity contribution in [2.24, 2.45) is 0 Å². The van der Waals surface area contributed by atoms with Gasteiger partial charge in [-0.2, -0.15) is 0 Å². The van der Waals surface area contributed by atoms with Crippen LogP contribution in [0.2, 0.25) is 5.02 Å². The minimum atomic E-state index is -2.86. The highest BCUT2D eigenvalue weighted by Crippen LogP contribution is 2.24. The van der Waals surface area contributed by atoms with Crippen molar-refractivity contribution in [3.63, 3.8) is 0 Å². The summed E-state index contributed by atoms with van der Waals surface area (Å²) in [6.45, 7) is 0.871. The predicted octanol–water partition coefficient (Wildman–Crippen LogP) is 1.63. The monoisotopic (exact) mass is 307 g/mol. The van der Waals surface area contributed by atoms with E-state index < -0.39 is 15.7 Å². The second-order valence-electron chi connectivity index (χ2n) is 4.48. The first-order valence-electron chi connectivity index (χ1n) is 5.98. The first kappa shape index (κ1) is 14.6. The zero-order valence-electron chi connectivity index (χ0n) is 10.2. The van der Waals surface area contributed by atoms with E-state index in [0.29, 0.717) is 25.3 Å². The molecule has 1 aliphatic rings. The van der Waals surface area contributed by atoms with E-state index in [-0.39, 0.29) is 22.6 Å². The molecule has 1 aromatic rings. The number of halogens is 2. The fourth-order valence-electron chi connectivity index (χ4n) is 1.97. The molecule has 106 valence electrons. The molecule has 1 atom stereocenters. The molecule has 0 amide bonds. The summed E-state index contributed by atoms with van der Waals surface area (Å²) in [5.74, 6) is 0.440. The molecule has 1 N–H and O–H groups in total. The van der Waals surface area contributed by atoms with Gasteiger partial charge in [0.25, 0.3) is 0 Å². The van der Waals surface area contributed by atoms with Gasteiger partial charge in [-0.3, -0.25) is 0 Å². The van der Waals surface area contributed by atoms with Gasteiger partial charge in [0, 0.05) is 12.6 Å². The lowest BCUT2D eigenvalue weighted by molar-refractivity contribution is 0.307. The Morgan fingerprint density at radius 3 is 2.89 bits per heavy atom. The summed E-state index contributed by atoms with van der Waals surface area (Å²) in [6, 6.07) is 3.93. The van der Waals surface area contributed by atoms with Crippen molar-refractivity contribution in [1.82, 2.24) is 5.32 Å². The van der Waals surface area contributed by atoms with Gasteiger partial charge in [-0.25, -0.2) is 12.8 Å². The van der Waals surface area contributed by atoms with E-state index in [1.54, 1.807) is 0 Å². The summed E-state index contributed by atoms with van der Waals surface area (Å²) in [5, 5.41) is 3.34. The molecular formula is C12H15ClFNO3S. The van der Waals surface area contributed by atoms with E-state index >= 15 is 0 Å². The second kappa shape index (κ2) is 6.07. The lowest BCUT2D eigenvalue weighted by Crippen LogP contribution is -2.33. The maximum Gasteiger partial charge on any atom is 0.151 e. The predicted molar refractivity (Wildman–Crippen MR) is 72.0 cm³/mol. The van der Waals surface area contributed by atoms with Crippen LogP contribution in [0, 0.1) is 5.82 Å². The molecule has 1 fully saturated rings. The van der Waals surface area contributed by atoms with Gasteiger partial charge in [-0.1, -0.05) is 11.6 Å². The van der Waals surface area contributed by atoms with Crippen molar-refractivity contribution in [2.75, 3.05) is 24.7 Å². The van der Waals surface area contributed by atoms with E-state index in [2.05, 4.69) is 5.32 Å². The molecular weight excluding hydrogens is 293 g/mol. The third-order valence-corrected chi connectivity index (χ3v) is 4.98. The molecule has 4 nitrogen and oxygen atoms in total. The molecule has 19 heavy (non-hydrogen) atoms. The van der Waals surface area contributed by atoms with Gasteiger partial charge >= 0.3 is 0 Å². The number of hydrogen-bond donors (Lipinski definition) is 1. The molecule has 0 aromatic heterocycles. The van der Waals surface area contributed by atoms with E-state index in [9.17, 15) is 12.8 Å². The second-order valence-corrected chi connectivity index (χ2v) is 7.11. The number of benzene rings is 1. The van der Waals surface area contributed by atoms with Crippen LogP contribution in [-0.2, 0) is 9.84 Å². The van der Waals surface area contributed by atoms with Crippen LogP contribution in [0.3, 0.4) is 0 Å². The first-order valence-corrected chi connectivity index (χ1v) is 8.18. The molecule has 0 aliphatic carbocycles. The zero-order chi connectivity index (χ0) is 13.9. The third-order valence-electron chi connectivity index (χ3n) is 2.92. The standard InChI is InChI=1S/C12H15ClFNO3S/c13-11-7-9(14)1-2-12(11)18-5-4-15-10-3-6-19(16,17)8-10/h1-2,7,10,15H,3-6,8H2. The SMILES string of the molecule is O=S1(=O)CCC(NCCOc2ccc(F)cc2Cl)C1. The van der Waals surface area contributed by atoms with Gasteiger partial charge in [0.1, 0.15) is 18.2 Å². The van der Waals surface area contributed by atoms with E-state index in [1.807, 2.05) is 0 Å². The minimum Gasteiger partial charge on any atom is -0.491 e. The van der Waals surface area contributed by atoms with Gasteiger partial charge in [0.15, 0.2) is 9.84 Å². The maximum atomic E-state index is 12.8. The molecule has 0 bridgehead atoms. The quantitative estimate of drug-likeness (QED) is 0.840. The van der Waals surface area contributed by atoms with E-state index in [4.69, 9.17) is 16.3 Å². The lowest BCUT2D eigenvalue weighted by Gasteiger charge is -2.12. The van der Waals surface area contributed by atoms with Crippen LogP contribution >= 0.6 is 11.6 Å². The van der Waals surface area contributed by atoms with E-state index in [1.165, 1.54) is 18.2 Å². The van der Waals surface area contributed by atoms with Crippen molar-refractivity contribution in [1.29, 1.82) is 0 Å². The van der Waals surface area contributed by atoms with Crippen LogP contribution in [0.25, 0.3) is 0 Å². The Hall–Kier alpha value is -0.850. The summed E-state index contributed by atoms with van der Waals surface area (Å²) < 4.78 is 40.7. The Kier molecular flexibility index (Phi) is 4.65. The van der Waals surface area contributed by atoms with Gasteiger partial charge in [0.2, 0.25) is 0 Å². The number of hydrogen-bond acceptors (Lipinski definition) is 4. The van der Waals surface area contributed by atoms with Crippen molar-refractivity contribution >= 4 is 21.4 Å². The molecule has 1 aromatic carbocycles. The van der Waals surface area contributed by atoms with Crippen LogP contribution in [-0.4, -0.2) is 39.1 Å². The van der Waals surface area contributed by atoms with Crippen LogP contribution in [0.5, 0.6) is 5.75 Å². The number of sulfone groups is 1. The maximum absolute atomic E-state index is 12.8. The van der Waals surface area contributed by atoms with Gasteiger partial charge in [-0.05, 0) is 24.6 Å². The Morgan fingerprint density at radius 1 is 1.47 bits per heavy atom. The molecule has 1 heterocycles. The normalized spacial score (nSPS) is 21.5. The van der Waals surface area contributed by atoms with Crippen molar-refractivity contribution in [3.8, 4) is 5.75 Å². The Bertz CT molecular complexity index is 550. The molecule has 1 aliphatic heterocycles. The Balaban J connectivity index is 1.72. The number of ether oxygens (including phenoxy) is 1. The molecule has 1 unspecified atom stereocenters. The highest BCUT2D eigenvalue weighted by molar-refractivity contribution is 7.91. The molecule has 1 saturated heterocycles. The fraction of sp³-hybridized carbons (Fsp3) is 0.500. The molecule has 0 spiro atoms. The first-order chi connectivity index (χ1) is 8.96. The smallest absolute Gasteiger partial charge is 0.151 e. The van der Waals surface area contributed by atoms with Crippen LogP contribution in [0.4, 0.5) is 4.39 Å². The average Bonchev–Trinajstić information content (AvgIpc) is 2.67. The van der Waals surface area contributed by atoms with Gasteiger partial charge in [-0.15, -0.1) is 0 Å². The number of nitrogens with one attached hydrogen (secondary N) is 1.